The lowest BCUT2D eigenvalue weighted by Gasteiger charge is -2.29. The molecule has 12 heteroatoms. The normalized spacial score (nSPS) is 16.4. The first kappa shape index (κ1) is 21.0. The van der Waals surface area contributed by atoms with Gasteiger partial charge in [0.2, 0.25) is 17.7 Å². The van der Waals surface area contributed by atoms with Crippen molar-refractivity contribution in [2.45, 2.75) is 37.8 Å². The summed E-state index contributed by atoms with van der Waals surface area (Å²) >= 11 is 0. The molecule has 0 radical (unpaired) electrons. The molecule has 0 aromatic carbocycles. The third-order valence-electron chi connectivity index (χ3n) is 3.57. The third-order valence-corrected chi connectivity index (χ3v) is 3.57. The number of nitrogens with zero attached hydrogens (tertiary/aromatic N) is 1. The zero-order valence-electron chi connectivity index (χ0n) is 13.8. The van der Waals surface area contributed by atoms with Crippen LogP contribution in [-0.4, -0.2) is 75.9 Å². The number of imide groups is 1. The van der Waals surface area contributed by atoms with Crippen molar-refractivity contribution >= 4 is 35.6 Å². The fourth-order valence-corrected chi connectivity index (χ4v) is 2.16. The Balaban J connectivity index is 2.82. The van der Waals surface area contributed by atoms with Gasteiger partial charge in [0.15, 0.2) is 0 Å². The Morgan fingerprint density at radius 2 is 1.69 bits per heavy atom. The Bertz CT molecular complexity index is 620. The maximum atomic E-state index is 12.5. The summed E-state index contributed by atoms with van der Waals surface area (Å²) in [5.74, 6) is -5.43. The van der Waals surface area contributed by atoms with Crippen molar-refractivity contribution in [1.82, 2.24) is 15.5 Å². The molecule has 0 saturated carbocycles. The van der Waals surface area contributed by atoms with Gasteiger partial charge in [-0.2, -0.15) is 0 Å². The van der Waals surface area contributed by atoms with Gasteiger partial charge in [0, 0.05) is 12.8 Å². The lowest BCUT2D eigenvalue weighted by atomic mass is 10.1. The molecule has 1 fully saturated rings. The summed E-state index contributed by atoms with van der Waals surface area (Å²) in [5, 5.41) is 21.9. The predicted molar refractivity (Wildman–Crippen MR) is 83.4 cm³/mol. The van der Waals surface area contributed by atoms with E-state index >= 15 is 0 Å². The van der Waals surface area contributed by atoms with E-state index in [-0.39, 0.29) is 25.8 Å². The number of rotatable bonds is 9. The van der Waals surface area contributed by atoms with Gasteiger partial charge in [-0.25, -0.2) is 0 Å². The second-order valence-corrected chi connectivity index (χ2v) is 5.63. The van der Waals surface area contributed by atoms with Crippen LogP contribution in [0.5, 0.6) is 0 Å². The van der Waals surface area contributed by atoms with E-state index in [0.717, 1.165) is 0 Å². The topological polar surface area (TPSA) is 196 Å². The molecular formula is C14H20N4O8. The zero-order chi connectivity index (χ0) is 19.9. The molecule has 0 aliphatic carbocycles. The van der Waals surface area contributed by atoms with Crippen LogP contribution in [0.15, 0.2) is 0 Å². The van der Waals surface area contributed by atoms with Gasteiger partial charge < -0.3 is 26.6 Å². The van der Waals surface area contributed by atoms with Crippen molar-refractivity contribution in [3.63, 3.8) is 0 Å². The molecule has 26 heavy (non-hydrogen) atoms. The van der Waals surface area contributed by atoms with E-state index in [1.54, 1.807) is 0 Å². The molecule has 1 saturated heterocycles. The van der Waals surface area contributed by atoms with E-state index < -0.39 is 60.6 Å². The van der Waals surface area contributed by atoms with Crippen molar-refractivity contribution in [2.24, 2.45) is 5.73 Å². The summed E-state index contributed by atoms with van der Waals surface area (Å²) < 4.78 is 0. The molecular weight excluding hydrogens is 352 g/mol. The minimum atomic E-state index is -1.38. The molecule has 2 atom stereocenters. The standard InChI is InChI=1S/C14H20N4O8/c15-7(1-3-11(21)22)13(25)17-8(2-4-12(23)24)14(26)18-6-9(19)16-5-10(18)20/h7-8H,1-6,15H2,(H,16,19)(H,17,25)(H,21,22)(H,23,24)/t7-,8-/m0/s1. The molecule has 0 spiro atoms. The molecule has 4 amide bonds. The molecule has 1 rings (SSSR count). The monoisotopic (exact) mass is 372 g/mol. The van der Waals surface area contributed by atoms with Crippen LogP contribution >= 0.6 is 0 Å². The van der Waals surface area contributed by atoms with Crippen LogP contribution < -0.4 is 16.4 Å². The van der Waals surface area contributed by atoms with Crippen LogP contribution in [0, 0.1) is 0 Å². The van der Waals surface area contributed by atoms with Gasteiger partial charge in [0.05, 0.1) is 12.6 Å². The molecule has 0 aromatic heterocycles. The number of carboxylic acid groups (broad SMARTS) is 2. The van der Waals surface area contributed by atoms with Crippen molar-refractivity contribution in [1.29, 1.82) is 0 Å². The Morgan fingerprint density at radius 3 is 2.27 bits per heavy atom. The second-order valence-electron chi connectivity index (χ2n) is 5.63. The highest BCUT2D eigenvalue weighted by Gasteiger charge is 2.34. The Labute approximate surface area is 147 Å². The average Bonchev–Trinajstić information content (AvgIpc) is 2.57. The second kappa shape index (κ2) is 9.46. The minimum Gasteiger partial charge on any atom is -0.481 e. The molecule has 1 aliphatic heterocycles. The van der Waals surface area contributed by atoms with E-state index in [9.17, 15) is 28.8 Å². The van der Waals surface area contributed by atoms with Gasteiger partial charge in [0.25, 0.3) is 5.91 Å². The SMILES string of the molecule is N[C@@H](CCC(=O)O)C(=O)N[C@@H](CCC(=O)O)C(=O)N1CC(=O)NCC1=O. The molecule has 0 unspecified atom stereocenters. The Morgan fingerprint density at radius 1 is 1.12 bits per heavy atom. The van der Waals surface area contributed by atoms with Gasteiger partial charge in [-0.3, -0.25) is 33.7 Å². The van der Waals surface area contributed by atoms with E-state index in [2.05, 4.69) is 10.6 Å². The fourth-order valence-electron chi connectivity index (χ4n) is 2.16. The summed E-state index contributed by atoms with van der Waals surface area (Å²) in [4.78, 5) is 69.6. The number of nitrogens with one attached hydrogen (secondary N) is 2. The number of hydrogen-bond donors (Lipinski definition) is 5. The summed E-state index contributed by atoms with van der Waals surface area (Å²) in [6, 6.07) is -2.61. The lowest BCUT2D eigenvalue weighted by molar-refractivity contribution is -0.153. The lowest BCUT2D eigenvalue weighted by Crippen LogP contribution is -2.59. The van der Waals surface area contributed by atoms with E-state index in [1.807, 2.05) is 0 Å². The van der Waals surface area contributed by atoms with Crippen LogP contribution in [0.25, 0.3) is 0 Å². The highest BCUT2D eigenvalue weighted by molar-refractivity contribution is 6.05. The summed E-state index contributed by atoms with van der Waals surface area (Å²) in [6.07, 6.45) is -1.36. The molecule has 6 N–H and O–H groups in total. The highest BCUT2D eigenvalue weighted by Crippen LogP contribution is 2.07. The van der Waals surface area contributed by atoms with Crippen molar-refractivity contribution in [3.8, 4) is 0 Å². The van der Waals surface area contributed by atoms with Crippen LogP contribution in [0.2, 0.25) is 0 Å². The maximum absolute atomic E-state index is 12.5. The smallest absolute Gasteiger partial charge is 0.303 e. The van der Waals surface area contributed by atoms with Crippen LogP contribution in [0.4, 0.5) is 0 Å². The predicted octanol–water partition coefficient (Wildman–Crippen LogP) is -2.99. The summed E-state index contributed by atoms with van der Waals surface area (Å²) in [5.41, 5.74) is 5.55. The first-order valence-electron chi connectivity index (χ1n) is 7.72. The number of hydrogen-bond acceptors (Lipinski definition) is 7. The molecule has 144 valence electrons. The number of nitrogens with two attached hydrogens (primary N) is 1. The minimum absolute atomic E-state index is 0.188. The average molecular weight is 372 g/mol. The van der Waals surface area contributed by atoms with Crippen LogP contribution in [0.3, 0.4) is 0 Å². The van der Waals surface area contributed by atoms with Crippen molar-refractivity contribution < 1.29 is 39.0 Å². The highest BCUT2D eigenvalue weighted by atomic mass is 16.4. The number of carboxylic acids is 2. The van der Waals surface area contributed by atoms with E-state index in [4.69, 9.17) is 15.9 Å². The Kier molecular flexibility index (Phi) is 7.65. The maximum Gasteiger partial charge on any atom is 0.303 e. The van der Waals surface area contributed by atoms with Crippen LogP contribution in [-0.2, 0) is 28.8 Å². The van der Waals surface area contributed by atoms with Gasteiger partial charge in [-0.05, 0) is 12.8 Å². The number of piperazine rings is 1. The van der Waals surface area contributed by atoms with Gasteiger partial charge in [0.1, 0.15) is 12.6 Å². The van der Waals surface area contributed by atoms with Gasteiger partial charge in [-0.15, -0.1) is 0 Å². The first-order valence-corrected chi connectivity index (χ1v) is 7.72. The van der Waals surface area contributed by atoms with E-state index in [0.29, 0.717) is 4.90 Å². The molecule has 0 aromatic rings. The van der Waals surface area contributed by atoms with Gasteiger partial charge >= 0.3 is 11.9 Å². The fraction of sp³-hybridized carbons (Fsp3) is 0.571. The third kappa shape index (κ3) is 6.47. The summed E-state index contributed by atoms with van der Waals surface area (Å²) in [6.45, 7) is -0.926. The van der Waals surface area contributed by atoms with Gasteiger partial charge in [-0.1, -0.05) is 0 Å². The molecule has 12 nitrogen and oxygen atoms in total. The van der Waals surface area contributed by atoms with Crippen molar-refractivity contribution in [3.05, 3.63) is 0 Å². The largest absolute Gasteiger partial charge is 0.481 e. The number of carbonyl (C=O) groups is 6. The molecule has 1 heterocycles. The zero-order valence-corrected chi connectivity index (χ0v) is 13.8. The quantitative estimate of drug-likeness (QED) is 0.280. The number of aliphatic carboxylic acids is 2. The van der Waals surface area contributed by atoms with Crippen LogP contribution in [0.1, 0.15) is 25.7 Å². The molecule has 0 bridgehead atoms. The number of amides is 4. The summed E-state index contributed by atoms with van der Waals surface area (Å²) in [7, 11) is 0. The van der Waals surface area contributed by atoms with E-state index in [1.165, 1.54) is 0 Å². The Hall–Kier alpha value is -3.02. The first-order chi connectivity index (χ1) is 12.1. The number of carbonyl (C=O) groups excluding carboxylic acids is 4. The molecule has 1 aliphatic rings. The van der Waals surface area contributed by atoms with Crippen molar-refractivity contribution in [2.75, 3.05) is 13.1 Å².